The molecule has 0 amide bonds. The summed E-state index contributed by atoms with van der Waals surface area (Å²) in [4.78, 5) is 0. The highest BCUT2D eigenvalue weighted by Crippen LogP contribution is 2.15. The van der Waals surface area contributed by atoms with Crippen LogP contribution in [0.5, 0.6) is 0 Å². The van der Waals surface area contributed by atoms with Gasteiger partial charge in [0, 0.05) is 19.6 Å². The lowest BCUT2D eigenvalue weighted by Gasteiger charge is -2.05. The van der Waals surface area contributed by atoms with Crippen molar-refractivity contribution >= 4 is 15.9 Å². The van der Waals surface area contributed by atoms with E-state index in [1.54, 1.807) is 12.1 Å². The first-order valence-electron chi connectivity index (χ1n) is 5.09. The highest BCUT2D eigenvalue weighted by Gasteiger charge is 1.99. The smallest absolute Gasteiger partial charge is 0.137 e. The van der Waals surface area contributed by atoms with Crippen LogP contribution in [-0.2, 0) is 6.54 Å². The predicted molar refractivity (Wildman–Crippen MR) is 64.4 cm³/mol. The first-order valence-corrected chi connectivity index (χ1v) is 5.88. The number of halogens is 2. The van der Waals surface area contributed by atoms with Crippen LogP contribution in [0.2, 0.25) is 0 Å². The molecule has 0 bridgehead atoms. The largest absolute Gasteiger partial charge is 0.316 e. The second-order valence-corrected chi connectivity index (χ2v) is 4.13. The van der Waals surface area contributed by atoms with E-state index in [1.165, 1.54) is 0 Å². The lowest BCUT2D eigenvalue weighted by molar-refractivity contribution is 0.605. The zero-order valence-electron chi connectivity index (χ0n) is 8.82. The van der Waals surface area contributed by atoms with Gasteiger partial charge in [0.05, 0.1) is 4.47 Å². The van der Waals surface area contributed by atoms with Gasteiger partial charge in [-0.25, -0.2) is 4.39 Å². The molecule has 15 heavy (non-hydrogen) atoms. The maximum absolute atomic E-state index is 13.1. The molecule has 0 fully saturated rings. The fraction of sp³-hybridized carbons (Fsp3) is 0.455. The van der Waals surface area contributed by atoms with Gasteiger partial charge in [-0.3, -0.25) is 0 Å². The van der Waals surface area contributed by atoms with Crippen LogP contribution in [0.4, 0.5) is 4.39 Å². The summed E-state index contributed by atoms with van der Waals surface area (Å²) in [5.41, 5.74) is 0.965. The summed E-state index contributed by atoms with van der Waals surface area (Å²) in [6.45, 7) is 5.59. The molecule has 0 unspecified atom stereocenters. The lowest BCUT2D eigenvalue weighted by Crippen LogP contribution is -2.26. The minimum atomic E-state index is -0.207. The van der Waals surface area contributed by atoms with Crippen LogP contribution in [0.3, 0.4) is 0 Å². The Balaban J connectivity index is 2.28. The van der Waals surface area contributed by atoms with Crippen LogP contribution in [0.25, 0.3) is 0 Å². The third-order valence-electron chi connectivity index (χ3n) is 2.04. The van der Waals surface area contributed by atoms with Crippen molar-refractivity contribution in [3.8, 4) is 0 Å². The van der Waals surface area contributed by atoms with Gasteiger partial charge in [0.15, 0.2) is 0 Å². The maximum atomic E-state index is 13.1. The van der Waals surface area contributed by atoms with E-state index in [1.807, 2.05) is 6.07 Å². The molecule has 0 heterocycles. The molecule has 84 valence electrons. The fourth-order valence-electron chi connectivity index (χ4n) is 1.24. The Labute approximate surface area is 98.4 Å². The topological polar surface area (TPSA) is 24.1 Å². The van der Waals surface area contributed by atoms with E-state index in [0.29, 0.717) is 11.0 Å². The van der Waals surface area contributed by atoms with Crippen molar-refractivity contribution < 1.29 is 4.39 Å². The molecule has 0 aromatic heterocycles. The molecule has 0 aliphatic carbocycles. The van der Waals surface area contributed by atoms with Crippen molar-refractivity contribution in [3.63, 3.8) is 0 Å². The third kappa shape index (κ3) is 4.73. The van der Waals surface area contributed by atoms with Crippen molar-refractivity contribution in [2.24, 2.45) is 0 Å². The minimum Gasteiger partial charge on any atom is -0.316 e. The Bertz CT molecular complexity index is 305. The summed E-state index contributed by atoms with van der Waals surface area (Å²) in [5, 5.41) is 6.45. The highest BCUT2D eigenvalue weighted by molar-refractivity contribution is 9.10. The normalized spacial score (nSPS) is 10.6. The van der Waals surface area contributed by atoms with Crippen molar-refractivity contribution in [3.05, 3.63) is 34.1 Å². The quantitative estimate of drug-likeness (QED) is 0.778. The third-order valence-corrected chi connectivity index (χ3v) is 2.68. The molecule has 0 atom stereocenters. The van der Waals surface area contributed by atoms with Gasteiger partial charge < -0.3 is 10.6 Å². The van der Waals surface area contributed by atoms with Crippen LogP contribution >= 0.6 is 15.9 Å². The van der Waals surface area contributed by atoms with Gasteiger partial charge in [-0.05, 0) is 40.2 Å². The lowest BCUT2D eigenvalue weighted by atomic mass is 10.2. The van der Waals surface area contributed by atoms with Crippen molar-refractivity contribution in [2.75, 3.05) is 19.6 Å². The Morgan fingerprint density at radius 1 is 1.27 bits per heavy atom. The average Bonchev–Trinajstić information content (AvgIpc) is 2.23. The van der Waals surface area contributed by atoms with E-state index >= 15 is 0 Å². The number of hydrogen-bond donors (Lipinski definition) is 2. The van der Waals surface area contributed by atoms with Gasteiger partial charge in [-0.2, -0.15) is 0 Å². The van der Waals surface area contributed by atoms with Crippen molar-refractivity contribution in [1.82, 2.24) is 10.6 Å². The average molecular weight is 275 g/mol. The standard InChI is InChI=1S/C11H16BrFN2/c1-2-14-5-6-15-8-9-3-4-10(12)11(13)7-9/h3-4,7,14-15H,2,5-6,8H2,1H3. The van der Waals surface area contributed by atoms with Gasteiger partial charge in [0.1, 0.15) is 5.82 Å². The van der Waals surface area contributed by atoms with Gasteiger partial charge >= 0.3 is 0 Å². The molecular weight excluding hydrogens is 259 g/mol. The van der Waals surface area contributed by atoms with E-state index in [0.717, 1.165) is 25.2 Å². The van der Waals surface area contributed by atoms with Crippen LogP contribution in [0.1, 0.15) is 12.5 Å². The second-order valence-electron chi connectivity index (χ2n) is 3.28. The molecule has 1 aromatic carbocycles. The second kappa shape index (κ2) is 6.93. The Hall–Kier alpha value is -0.450. The van der Waals surface area contributed by atoms with Gasteiger partial charge in [0.25, 0.3) is 0 Å². The first kappa shape index (κ1) is 12.6. The molecule has 0 radical (unpaired) electrons. The van der Waals surface area contributed by atoms with Gasteiger partial charge in [-0.1, -0.05) is 13.0 Å². The fourth-order valence-corrected chi connectivity index (χ4v) is 1.48. The Morgan fingerprint density at radius 3 is 2.67 bits per heavy atom. The molecule has 1 rings (SSSR count). The summed E-state index contributed by atoms with van der Waals surface area (Å²) in [6, 6.07) is 5.19. The van der Waals surface area contributed by atoms with Crippen LogP contribution < -0.4 is 10.6 Å². The monoisotopic (exact) mass is 274 g/mol. The number of benzene rings is 1. The summed E-state index contributed by atoms with van der Waals surface area (Å²) in [7, 11) is 0. The number of nitrogens with one attached hydrogen (secondary N) is 2. The molecule has 0 aliphatic heterocycles. The molecule has 2 nitrogen and oxygen atoms in total. The van der Waals surface area contributed by atoms with Crippen LogP contribution in [-0.4, -0.2) is 19.6 Å². The van der Waals surface area contributed by atoms with Gasteiger partial charge in [-0.15, -0.1) is 0 Å². The number of likely N-dealkylation sites (N-methyl/N-ethyl adjacent to an activating group) is 1. The predicted octanol–water partition coefficient (Wildman–Crippen LogP) is 2.29. The van der Waals surface area contributed by atoms with E-state index in [-0.39, 0.29) is 5.82 Å². The number of rotatable bonds is 6. The molecule has 2 N–H and O–H groups in total. The molecular formula is C11H16BrFN2. The summed E-state index contributed by atoms with van der Waals surface area (Å²) < 4.78 is 13.6. The molecule has 4 heteroatoms. The minimum absolute atomic E-state index is 0.207. The molecule has 1 aromatic rings. The maximum Gasteiger partial charge on any atom is 0.137 e. The van der Waals surface area contributed by atoms with E-state index in [2.05, 4.69) is 33.5 Å². The van der Waals surface area contributed by atoms with E-state index < -0.39 is 0 Å². The molecule has 0 spiro atoms. The first-order chi connectivity index (χ1) is 7.24. The van der Waals surface area contributed by atoms with Crippen LogP contribution in [0.15, 0.2) is 22.7 Å². The summed E-state index contributed by atoms with van der Waals surface area (Å²) in [6.07, 6.45) is 0. The summed E-state index contributed by atoms with van der Waals surface area (Å²) in [5.74, 6) is -0.207. The molecule has 0 saturated carbocycles. The Kier molecular flexibility index (Phi) is 5.83. The van der Waals surface area contributed by atoms with E-state index in [4.69, 9.17) is 0 Å². The zero-order chi connectivity index (χ0) is 11.1. The van der Waals surface area contributed by atoms with Crippen LogP contribution in [0, 0.1) is 5.82 Å². The molecule has 0 saturated heterocycles. The van der Waals surface area contributed by atoms with E-state index in [9.17, 15) is 4.39 Å². The Morgan fingerprint density at radius 2 is 2.00 bits per heavy atom. The summed E-state index contributed by atoms with van der Waals surface area (Å²) >= 11 is 3.13. The SMILES string of the molecule is CCNCCNCc1ccc(Br)c(F)c1. The zero-order valence-corrected chi connectivity index (χ0v) is 10.4. The van der Waals surface area contributed by atoms with Crippen molar-refractivity contribution in [2.45, 2.75) is 13.5 Å². The molecule has 0 aliphatic rings. The van der Waals surface area contributed by atoms with Crippen molar-refractivity contribution in [1.29, 1.82) is 0 Å². The van der Waals surface area contributed by atoms with Gasteiger partial charge in [0.2, 0.25) is 0 Å². The number of hydrogen-bond acceptors (Lipinski definition) is 2. The highest BCUT2D eigenvalue weighted by atomic mass is 79.9.